The molecule has 0 aliphatic heterocycles. The molecule has 1 fully saturated rings. The van der Waals surface area contributed by atoms with Crippen molar-refractivity contribution in [1.82, 2.24) is 0 Å². The van der Waals surface area contributed by atoms with Gasteiger partial charge in [-0.1, -0.05) is 12.2 Å². The van der Waals surface area contributed by atoms with Crippen molar-refractivity contribution in [2.75, 3.05) is 0 Å². The van der Waals surface area contributed by atoms with Gasteiger partial charge in [-0.25, -0.2) is 5.26 Å². The minimum absolute atomic E-state index is 0.356. The Kier molecular flexibility index (Phi) is 1.58. The maximum atomic E-state index is 11.3. The monoisotopic (exact) mass is 190 g/mol. The summed E-state index contributed by atoms with van der Waals surface area (Å²) in [6, 6.07) is 0. The summed E-state index contributed by atoms with van der Waals surface area (Å²) in [5.74, 6) is 0.356. The highest BCUT2D eigenvalue weighted by Gasteiger charge is 2.51. The van der Waals surface area contributed by atoms with Crippen LogP contribution in [0.1, 0.15) is 19.3 Å². The third-order valence-corrected chi connectivity index (χ3v) is 4.51. The molecule has 2 aliphatic carbocycles. The van der Waals surface area contributed by atoms with Crippen molar-refractivity contribution in [3.8, 4) is 0 Å². The third kappa shape index (κ3) is 0.870. The van der Waals surface area contributed by atoms with E-state index in [2.05, 4.69) is 4.33 Å². The normalized spacial score (nSPS) is 39.2. The highest BCUT2D eigenvalue weighted by molar-refractivity contribution is 7.88. The molecule has 1 saturated carbocycles. The van der Waals surface area contributed by atoms with Crippen LogP contribution in [0.15, 0.2) is 12.2 Å². The number of rotatable bonds is 2. The largest absolute Gasteiger partial charge is 0.302 e. The second kappa shape index (κ2) is 2.31. The lowest BCUT2D eigenvalue weighted by molar-refractivity contribution is -0.132. The van der Waals surface area contributed by atoms with Crippen LogP contribution in [0.25, 0.3) is 0 Å². The number of fused-ring (bicyclic) bond motifs is 2. The van der Waals surface area contributed by atoms with Gasteiger partial charge in [-0.2, -0.15) is 8.42 Å². The predicted molar refractivity (Wildman–Crippen MR) is 41.8 cm³/mol. The molecule has 4 nitrogen and oxygen atoms in total. The molecule has 0 aromatic heterocycles. The second-order valence-corrected chi connectivity index (χ2v) is 5.33. The molecule has 2 rings (SSSR count). The van der Waals surface area contributed by atoms with E-state index in [9.17, 15) is 8.42 Å². The highest BCUT2D eigenvalue weighted by atomic mass is 32.2. The molecule has 0 aromatic rings. The van der Waals surface area contributed by atoms with Gasteiger partial charge in [0.2, 0.25) is 0 Å². The molecular formula is C7H10O4S. The molecule has 0 heterocycles. The van der Waals surface area contributed by atoms with Gasteiger partial charge < -0.3 is 0 Å². The minimum Gasteiger partial charge on any atom is -0.235 e. The molecule has 2 bridgehead atoms. The molecule has 0 aromatic carbocycles. The topological polar surface area (TPSA) is 63.6 Å². The van der Waals surface area contributed by atoms with Crippen molar-refractivity contribution in [2.24, 2.45) is 5.92 Å². The van der Waals surface area contributed by atoms with E-state index in [1.54, 1.807) is 6.08 Å². The van der Waals surface area contributed by atoms with Crippen molar-refractivity contribution in [1.29, 1.82) is 0 Å². The van der Waals surface area contributed by atoms with Gasteiger partial charge in [0.15, 0.2) is 0 Å². The standard InChI is InChI=1S/C7H10O4S/c8-11-12(9,10)7-3-1-6(5-7)2-4-7/h1,3,6,8H,2,4-5H2. The van der Waals surface area contributed by atoms with Crippen LogP contribution in [0.3, 0.4) is 0 Å². The first-order chi connectivity index (χ1) is 5.60. The van der Waals surface area contributed by atoms with Crippen LogP contribution in [0, 0.1) is 5.92 Å². The molecule has 2 aliphatic rings. The molecule has 0 amide bonds. The van der Waals surface area contributed by atoms with Crippen LogP contribution in [-0.2, 0) is 14.5 Å². The highest BCUT2D eigenvalue weighted by Crippen LogP contribution is 2.47. The molecular weight excluding hydrogens is 180 g/mol. The lowest BCUT2D eigenvalue weighted by Gasteiger charge is -2.19. The Morgan fingerprint density at radius 2 is 2.33 bits per heavy atom. The average molecular weight is 190 g/mol. The first-order valence-electron chi connectivity index (χ1n) is 3.87. The van der Waals surface area contributed by atoms with E-state index in [4.69, 9.17) is 5.26 Å². The van der Waals surface area contributed by atoms with Gasteiger partial charge in [0.05, 0.1) is 0 Å². The van der Waals surface area contributed by atoms with Crippen molar-refractivity contribution in [3.63, 3.8) is 0 Å². The number of allylic oxidation sites excluding steroid dienone is 1. The predicted octanol–water partition coefficient (Wildman–Crippen LogP) is 0.915. The zero-order valence-corrected chi connectivity index (χ0v) is 7.25. The first kappa shape index (κ1) is 8.22. The van der Waals surface area contributed by atoms with Gasteiger partial charge in [-0.15, -0.1) is 4.33 Å². The summed E-state index contributed by atoms with van der Waals surface area (Å²) in [7, 11) is -3.80. The Labute approximate surface area is 70.9 Å². The summed E-state index contributed by atoms with van der Waals surface area (Å²) >= 11 is 0. The Morgan fingerprint density at radius 3 is 2.67 bits per heavy atom. The van der Waals surface area contributed by atoms with Gasteiger partial charge in [0.1, 0.15) is 4.75 Å². The molecule has 0 spiro atoms. The van der Waals surface area contributed by atoms with Crippen molar-refractivity contribution in [2.45, 2.75) is 24.0 Å². The Balaban J connectivity index is 2.41. The summed E-state index contributed by atoms with van der Waals surface area (Å²) in [5.41, 5.74) is 0. The lowest BCUT2D eigenvalue weighted by atomic mass is 10.1. The molecule has 12 heavy (non-hydrogen) atoms. The van der Waals surface area contributed by atoms with Gasteiger partial charge in [-0.3, -0.25) is 0 Å². The second-order valence-electron chi connectivity index (χ2n) is 3.46. The van der Waals surface area contributed by atoms with Crippen LogP contribution >= 0.6 is 0 Å². The minimum atomic E-state index is -3.80. The Hall–Kier alpha value is -0.390. The molecule has 2 atom stereocenters. The molecule has 5 heteroatoms. The van der Waals surface area contributed by atoms with Crippen molar-refractivity contribution < 1.29 is 18.0 Å². The SMILES string of the molecule is O=S(=O)(OO)C12C=CC(CC1)C2. The van der Waals surface area contributed by atoms with Crippen LogP contribution in [0.5, 0.6) is 0 Å². The van der Waals surface area contributed by atoms with E-state index in [1.807, 2.05) is 6.08 Å². The van der Waals surface area contributed by atoms with Crippen LogP contribution in [0.2, 0.25) is 0 Å². The quantitative estimate of drug-likeness (QED) is 0.399. The molecule has 68 valence electrons. The lowest BCUT2D eigenvalue weighted by Crippen LogP contribution is -2.33. The third-order valence-electron chi connectivity index (χ3n) is 2.81. The van der Waals surface area contributed by atoms with Gasteiger partial charge >= 0.3 is 10.1 Å². The smallest absolute Gasteiger partial charge is 0.235 e. The number of hydrogen-bond acceptors (Lipinski definition) is 4. The van der Waals surface area contributed by atoms with Crippen LogP contribution in [-0.4, -0.2) is 18.4 Å². The molecule has 2 unspecified atom stereocenters. The molecule has 1 N–H and O–H groups in total. The van der Waals surface area contributed by atoms with Gasteiger partial charge in [0, 0.05) is 0 Å². The first-order valence-corrected chi connectivity index (χ1v) is 5.27. The zero-order chi connectivity index (χ0) is 8.82. The van der Waals surface area contributed by atoms with E-state index < -0.39 is 14.9 Å². The van der Waals surface area contributed by atoms with E-state index in [1.165, 1.54) is 0 Å². The molecule has 0 radical (unpaired) electrons. The van der Waals surface area contributed by atoms with E-state index in [-0.39, 0.29) is 0 Å². The van der Waals surface area contributed by atoms with Crippen LogP contribution in [0.4, 0.5) is 0 Å². The fourth-order valence-electron chi connectivity index (χ4n) is 2.09. The van der Waals surface area contributed by atoms with Crippen molar-refractivity contribution >= 4 is 10.1 Å². The fraction of sp³-hybridized carbons (Fsp3) is 0.714. The maximum absolute atomic E-state index is 11.3. The fourth-order valence-corrected chi connectivity index (χ4v) is 3.27. The van der Waals surface area contributed by atoms with Gasteiger partial charge in [-0.05, 0) is 25.2 Å². The van der Waals surface area contributed by atoms with E-state index in [0.29, 0.717) is 18.8 Å². The van der Waals surface area contributed by atoms with Crippen LogP contribution < -0.4 is 0 Å². The van der Waals surface area contributed by atoms with E-state index >= 15 is 0 Å². The summed E-state index contributed by atoms with van der Waals surface area (Å²) in [6.45, 7) is 0. The van der Waals surface area contributed by atoms with Gasteiger partial charge in [0.25, 0.3) is 0 Å². The summed E-state index contributed by atoms with van der Waals surface area (Å²) < 4.78 is 25.2. The Bertz CT molecular complexity index is 318. The maximum Gasteiger partial charge on any atom is 0.302 e. The summed E-state index contributed by atoms with van der Waals surface area (Å²) in [5, 5.41) is 8.25. The Morgan fingerprint density at radius 1 is 1.58 bits per heavy atom. The summed E-state index contributed by atoms with van der Waals surface area (Å²) in [4.78, 5) is 0. The summed E-state index contributed by atoms with van der Waals surface area (Å²) in [6.07, 6.45) is 5.54. The number of hydrogen-bond donors (Lipinski definition) is 1. The molecule has 0 saturated heterocycles. The average Bonchev–Trinajstić information content (AvgIpc) is 2.64. The zero-order valence-electron chi connectivity index (χ0n) is 6.43. The van der Waals surface area contributed by atoms with E-state index in [0.717, 1.165) is 6.42 Å². The van der Waals surface area contributed by atoms with Crippen molar-refractivity contribution in [3.05, 3.63) is 12.2 Å².